The van der Waals surface area contributed by atoms with E-state index in [1.54, 1.807) is 6.20 Å². The lowest BCUT2D eigenvalue weighted by Crippen LogP contribution is -2.35. The third kappa shape index (κ3) is 8.20. The van der Waals surface area contributed by atoms with Crippen LogP contribution in [-0.4, -0.2) is 36.9 Å². The van der Waals surface area contributed by atoms with Crippen molar-refractivity contribution in [1.82, 2.24) is 15.6 Å². The summed E-state index contributed by atoms with van der Waals surface area (Å²) in [7, 11) is 0. The summed E-state index contributed by atoms with van der Waals surface area (Å²) >= 11 is 0. The van der Waals surface area contributed by atoms with E-state index in [2.05, 4.69) is 29.5 Å². The van der Waals surface area contributed by atoms with Crippen LogP contribution in [0.4, 0.5) is 4.79 Å². The predicted octanol–water partition coefficient (Wildman–Crippen LogP) is 3.26. The Bertz CT molecular complexity index is 516. The van der Waals surface area contributed by atoms with Gasteiger partial charge in [0.1, 0.15) is 6.10 Å². The molecule has 6 nitrogen and oxygen atoms in total. The summed E-state index contributed by atoms with van der Waals surface area (Å²) in [6.45, 7) is 6.74. The standard InChI is InChI=1S/C19H31N3O3/c1-15(2)14-24-11-5-9-21-19(23)22-13-16-8-10-20-18(12-16)25-17-6-3-4-7-17/h8,10,12,15,17H,3-7,9,11,13-14H2,1-2H3,(H2,21,22,23). The smallest absolute Gasteiger partial charge is 0.315 e. The number of hydrogen-bond acceptors (Lipinski definition) is 4. The number of nitrogens with zero attached hydrogens (tertiary/aromatic N) is 1. The van der Waals surface area contributed by atoms with Crippen molar-refractivity contribution in [2.45, 2.75) is 58.6 Å². The number of carbonyl (C=O) groups excluding carboxylic acids is 1. The highest BCUT2D eigenvalue weighted by Crippen LogP contribution is 2.23. The molecule has 140 valence electrons. The summed E-state index contributed by atoms with van der Waals surface area (Å²) in [5, 5.41) is 5.69. The minimum Gasteiger partial charge on any atom is -0.474 e. The molecule has 25 heavy (non-hydrogen) atoms. The molecule has 0 aromatic carbocycles. The average molecular weight is 349 g/mol. The van der Waals surface area contributed by atoms with Crippen LogP contribution >= 0.6 is 0 Å². The number of nitrogens with one attached hydrogen (secondary N) is 2. The molecule has 1 aliphatic carbocycles. The van der Waals surface area contributed by atoms with Gasteiger partial charge in [-0.3, -0.25) is 0 Å². The molecule has 1 aromatic heterocycles. The van der Waals surface area contributed by atoms with E-state index >= 15 is 0 Å². The summed E-state index contributed by atoms with van der Waals surface area (Å²) in [5.74, 6) is 1.19. The second-order valence-electron chi connectivity index (χ2n) is 6.96. The second kappa shape index (κ2) is 10.9. The topological polar surface area (TPSA) is 72.5 Å². The van der Waals surface area contributed by atoms with Gasteiger partial charge in [-0.15, -0.1) is 0 Å². The van der Waals surface area contributed by atoms with Crippen molar-refractivity contribution in [1.29, 1.82) is 0 Å². The minimum atomic E-state index is -0.168. The molecule has 1 fully saturated rings. The Morgan fingerprint density at radius 1 is 1.32 bits per heavy atom. The normalized spacial score (nSPS) is 14.7. The molecule has 0 radical (unpaired) electrons. The molecule has 0 unspecified atom stereocenters. The van der Waals surface area contributed by atoms with Crippen molar-refractivity contribution in [2.75, 3.05) is 19.8 Å². The lowest BCUT2D eigenvalue weighted by Gasteiger charge is -2.13. The molecule has 1 heterocycles. The van der Waals surface area contributed by atoms with Crippen LogP contribution in [0.5, 0.6) is 5.88 Å². The predicted molar refractivity (Wildman–Crippen MR) is 97.6 cm³/mol. The van der Waals surface area contributed by atoms with E-state index in [-0.39, 0.29) is 12.1 Å². The van der Waals surface area contributed by atoms with Crippen molar-refractivity contribution < 1.29 is 14.3 Å². The monoisotopic (exact) mass is 349 g/mol. The van der Waals surface area contributed by atoms with Crippen molar-refractivity contribution in [3.8, 4) is 5.88 Å². The molecule has 2 rings (SSSR count). The number of carbonyl (C=O) groups is 1. The molecular formula is C19H31N3O3. The fourth-order valence-corrected chi connectivity index (χ4v) is 2.74. The van der Waals surface area contributed by atoms with E-state index < -0.39 is 0 Å². The molecule has 0 atom stereocenters. The van der Waals surface area contributed by atoms with Crippen LogP contribution in [0.25, 0.3) is 0 Å². The number of amides is 2. The fraction of sp³-hybridized carbons (Fsp3) is 0.684. The van der Waals surface area contributed by atoms with Gasteiger partial charge in [-0.25, -0.2) is 9.78 Å². The van der Waals surface area contributed by atoms with Crippen molar-refractivity contribution >= 4 is 6.03 Å². The van der Waals surface area contributed by atoms with Gasteiger partial charge in [-0.2, -0.15) is 0 Å². The fourth-order valence-electron chi connectivity index (χ4n) is 2.74. The summed E-state index contributed by atoms with van der Waals surface area (Å²) in [6.07, 6.45) is 7.50. The molecule has 2 amide bonds. The molecule has 0 saturated heterocycles. The molecular weight excluding hydrogens is 318 g/mol. The van der Waals surface area contributed by atoms with Gasteiger partial charge in [-0.05, 0) is 49.7 Å². The first kappa shape index (κ1) is 19.5. The van der Waals surface area contributed by atoms with E-state index in [1.807, 2.05) is 12.1 Å². The molecule has 0 aliphatic heterocycles. The molecule has 1 saturated carbocycles. The number of rotatable bonds is 10. The van der Waals surface area contributed by atoms with Crippen molar-refractivity contribution in [3.05, 3.63) is 23.9 Å². The van der Waals surface area contributed by atoms with Gasteiger partial charge < -0.3 is 20.1 Å². The molecule has 0 spiro atoms. The van der Waals surface area contributed by atoms with E-state index in [0.717, 1.165) is 31.4 Å². The van der Waals surface area contributed by atoms with Crippen LogP contribution in [0.1, 0.15) is 51.5 Å². The maximum absolute atomic E-state index is 11.8. The number of pyridine rings is 1. The Labute approximate surface area is 150 Å². The first-order valence-electron chi connectivity index (χ1n) is 9.34. The molecule has 0 bridgehead atoms. The first-order valence-corrected chi connectivity index (χ1v) is 9.34. The quantitative estimate of drug-likeness (QED) is 0.636. The van der Waals surface area contributed by atoms with Gasteiger partial charge >= 0.3 is 6.03 Å². The zero-order valence-corrected chi connectivity index (χ0v) is 15.4. The second-order valence-corrected chi connectivity index (χ2v) is 6.96. The van der Waals surface area contributed by atoms with E-state index in [9.17, 15) is 4.79 Å². The van der Waals surface area contributed by atoms with Crippen LogP contribution in [0.3, 0.4) is 0 Å². The van der Waals surface area contributed by atoms with Gasteiger partial charge in [0.25, 0.3) is 0 Å². The van der Waals surface area contributed by atoms with Crippen LogP contribution < -0.4 is 15.4 Å². The average Bonchev–Trinajstić information content (AvgIpc) is 3.09. The third-order valence-electron chi connectivity index (χ3n) is 4.04. The Kier molecular flexibility index (Phi) is 8.52. The van der Waals surface area contributed by atoms with Gasteiger partial charge in [0.15, 0.2) is 0 Å². The summed E-state index contributed by atoms with van der Waals surface area (Å²) in [4.78, 5) is 16.1. The SMILES string of the molecule is CC(C)COCCCNC(=O)NCc1ccnc(OC2CCCC2)c1. The summed E-state index contributed by atoms with van der Waals surface area (Å²) in [5.41, 5.74) is 0.985. The molecule has 2 N–H and O–H groups in total. The highest BCUT2D eigenvalue weighted by molar-refractivity contribution is 5.73. The van der Waals surface area contributed by atoms with Gasteiger partial charge in [0, 0.05) is 38.6 Å². The zero-order valence-electron chi connectivity index (χ0n) is 15.4. The number of urea groups is 1. The Balaban J connectivity index is 1.60. The van der Waals surface area contributed by atoms with Crippen molar-refractivity contribution in [2.24, 2.45) is 5.92 Å². The molecule has 1 aliphatic rings. The largest absolute Gasteiger partial charge is 0.474 e. The van der Waals surface area contributed by atoms with Crippen molar-refractivity contribution in [3.63, 3.8) is 0 Å². The highest BCUT2D eigenvalue weighted by atomic mass is 16.5. The molecule has 1 aromatic rings. The third-order valence-corrected chi connectivity index (χ3v) is 4.04. The van der Waals surface area contributed by atoms with Gasteiger partial charge in [0.05, 0.1) is 0 Å². The minimum absolute atomic E-state index is 0.168. The van der Waals surface area contributed by atoms with Crippen LogP contribution in [0, 0.1) is 5.92 Å². The highest BCUT2D eigenvalue weighted by Gasteiger charge is 2.17. The number of hydrogen-bond donors (Lipinski definition) is 2. The number of aromatic nitrogens is 1. The summed E-state index contributed by atoms with van der Waals surface area (Å²) in [6, 6.07) is 3.62. The summed E-state index contributed by atoms with van der Waals surface area (Å²) < 4.78 is 11.4. The molecule has 6 heteroatoms. The van der Waals surface area contributed by atoms with Crippen LogP contribution in [0.2, 0.25) is 0 Å². The Morgan fingerprint density at radius 3 is 2.88 bits per heavy atom. The van der Waals surface area contributed by atoms with Gasteiger partial charge in [0.2, 0.25) is 5.88 Å². The van der Waals surface area contributed by atoms with E-state index in [0.29, 0.717) is 31.5 Å². The lowest BCUT2D eigenvalue weighted by molar-refractivity contribution is 0.108. The van der Waals surface area contributed by atoms with E-state index in [4.69, 9.17) is 9.47 Å². The Morgan fingerprint density at radius 2 is 2.12 bits per heavy atom. The number of ether oxygens (including phenoxy) is 2. The first-order chi connectivity index (χ1) is 12.1. The maximum atomic E-state index is 11.8. The van der Waals surface area contributed by atoms with Crippen LogP contribution in [0.15, 0.2) is 18.3 Å². The van der Waals surface area contributed by atoms with E-state index in [1.165, 1.54) is 12.8 Å². The van der Waals surface area contributed by atoms with Crippen LogP contribution in [-0.2, 0) is 11.3 Å². The maximum Gasteiger partial charge on any atom is 0.315 e. The lowest BCUT2D eigenvalue weighted by atomic mass is 10.2. The Hall–Kier alpha value is -1.82. The zero-order chi connectivity index (χ0) is 17.9. The van der Waals surface area contributed by atoms with Gasteiger partial charge in [-0.1, -0.05) is 13.8 Å².